The van der Waals surface area contributed by atoms with Crippen LogP contribution in [0.5, 0.6) is 0 Å². The number of carbonyl (C=O) groups is 1. The summed E-state index contributed by atoms with van der Waals surface area (Å²) in [6.07, 6.45) is 6.47. The molecule has 0 unspecified atom stereocenters. The first kappa shape index (κ1) is 17.0. The molecule has 0 aromatic carbocycles. The minimum Gasteiger partial charge on any atom is -0.334 e. The SMILES string of the molecule is CS[C@@H]1CN(C(=O)c2csc(-c3ccccn3)n2)C[C@@H]1N1CCCC1. The topological polar surface area (TPSA) is 49.3 Å². The van der Waals surface area contributed by atoms with Gasteiger partial charge in [0.2, 0.25) is 0 Å². The van der Waals surface area contributed by atoms with Crippen LogP contribution in [-0.2, 0) is 0 Å². The van der Waals surface area contributed by atoms with Crippen molar-refractivity contribution in [3.05, 3.63) is 35.5 Å². The molecule has 2 fully saturated rings. The molecule has 7 heteroatoms. The first-order valence-corrected chi connectivity index (χ1v) is 10.9. The van der Waals surface area contributed by atoms with Crippen molar-refractivity contribution >= 4 is 29.0 Å². The molecule has 0 saturated carbocycles. The second kappa shape index (κ2) is 7.43. The van der Waals surface area contributed by atoms with Crippen LogP contribution in [0, 0.1) is 0 Å². The van der Waals surface area contributed by atoms with Crippen LogP contribution >= 0.6 is 23.1 Å². The lowest BCUT2D eigenvalue weighted by atomic mass is 10.2. The second-order valence-corrected chi connectivity index (χ2v) is 8.48. The molecule has 5 nitrogen and oxygen atoms in total. The van der Waals surface area contributed by atoms with Gasteiger partial charge in [0.1, 0.15) is 10.7 Å². The van der Waals surface area contributed by atoms with E-state index in [4.69, 9.17) is 0 Å². The maximum Gasteiger partial charge on any atom is 0.273 e. The quantitative estimate of drug-likeness (QED) is 0.824. The first-order valence-electron chi connectivity index (χ1n) is 8.69. The molecule has 2 aromatic rings. The molecule has 0 spiro atoms. The second-order valence-electron chi connectivity index (χ2n) is 6.55. The van der Waals surface area contributed by atoms with Crippen molar-refractivity contribution in [3.8, 4) is 10.7 Å². The van der Waals surface area contributed by atoms with Gasteiger partial charge in [-0.05, 0) is 44.3 Å². The van der Waals surface area contributed by atoms with Crippen molar-refractivity contribution in [2.24, 2.45) is 0 Å². The average Bonchev–Trinajstić information content (AvgIpc) is 3.41. The molecule has 2 aliphatic rings. The molecule has 2 atom stereocenters. The Morgan fingerprint density at radius 2 is 2.12 bits per heavy atom. The summed E-state index contributed by atoms with van der Waals surface area (Å²) in [6, 6.07) is 6.23. The number of rotatable bonds is 4. The zero-order valence-corrected chi connectivity index (χ0v) is 15.9. The molecular formula is C18H22N4OS2. The van der Waals surface area contributed by atoms with E-state index < -0.39 is 0 Å². The summed E-state index contributed by atoms with van der Waals surface area (Å²) in [4.78, 5) is 26.4. The Balaban J connectivity index is 1.49. The summed E-state index contributed by atoms with van der Waals surface area (Å²) < 4.78 is 0. The lowest BCUT2D eigenvalue weighted by Crippen LogP contribution is -2.40. The molecule has 4 heterocycles. The summed E-state index contributed by atoms with van der Waals surface area (Å²) in [6.45, 7) is 3.98. The largest absolute Gasteiger partial charge is 0.334 e. The van der Waals surface area contributed by atoms with E-state index in [1.54, 1.807) is 6.20 Å². The zero-order valence-electron chi connectivity index (χ0n) is 14.3. The van der Waals surface area contributed by atoms with Crippen LogP contribution in [0.3, 0.4) is 0 Å². The van der Waals surface area contributed by atoms with E-state index in [0.717, 1.165) is 23.8 Å². The van der Waals surface area contributed by atoms with Gasteiger partial charge in [0.15, 0.2) is 0 Å². The van der Waals surface area contributed by atoms with Crippen molar-refractivity contribution in [1.82, 2.24) is 19.8 Å². The molecule has 2 aliphatic heterocycles. The van der Waals surface area contributed by atoms with Gasteiger partial charge in [0, 0.05) is 36.0 Å². The van der Waals surface area contributed by atoms with E-state index in [0.29, 0.717) is 17.0 Å². The third kappa shape index (κ3) is 3.45. The van der Waals surface area contributed by atoms with Crippen LogP contribution in [0.1, 0.15) is 23.3 Å². The molecule has 1 amide bonds. The lowest BCUT2D eigenvalue weighted by Gasteiger charge is -2.26. The number of amides is 1. The van der Waals surface area contributed by atoms with Gasteiger partial charge in [-0.3, -0.25) is 14.7 Å². The number of nitrogens with zero attached hydrogens (tertiary/aromatic N) is 4. The average molecular weight is 375 g/mol. The van der Waals surface area contributed by atoms with Crippen LogP contribution in [-0.4, -0.2) is 69.4 Å². The van der Waals surface area contributed by atoms with E-state index in [9.17, 15) is 4.79 Å². The number of aromatic nitrogens is 2. The van der Waals surface area contributed by atoms with E-state index in [2.05, 4.69) is 21.1 Å². The Bertz CT molecular complexity index is 730. The Morgan fingerprint density at radius 3 is 2.84 bits per heavy atom. The Kier molecular flexibility index (Phi) is 5.05. The van der Waals surface area contributed by atoms with Crippen LogP contribution in [0.25, 0.3) is 10.7 Å². The minimum atomic E-state index is 0.0548. The molecule has 2 saturated heterocycles. The summed E-state index contributed by atoms with van der Waals surface area (Å²) in [5.74, 6) is 0.0548. The third-order valence-electron chi connectivity index (χ3n) is 5.04. The predicted molar refractivity (Wildman–Crippen MR) is 103 cm³/mol. The predicted octanol–water partition coefficient (Wildman–Crippen LogP) is 2.86. The Morgan fingerprint density at radius 1 is 1.28 bits per heavy atom. The molecular weight excluding hydrogens is 352 g/mol. The fourth-order valence-corrected chi connectivity index (χ4v) is 5.39. The van der Waals surface area contributed by atoms with Gasteiger partial charge in [-0.25, -0.2) is 4.98 Å². The molecule has 132 valence electrons. The fourth-order valence-electron chi connectivity index (χ4n) is 3.72. The molecule has 4 rings (SSSR count). The molecule has 2 aromatic heterocycles. The highest BCUT2D eigenvalue weighted by atomic mass is 32.2. The maximum absolute atomic E-state index is 12.9. The van der Waals surface area contributed by atoms with E-state index >= 15 is 0 Å². The number of hydrogen-bond donors (Lipinski definition) is 0. The molecule has 0 bridgehead atoms. The van der Waals surface area contributed by atoms with Gasteiger partial charge in [-0.15, -0.1) is 11.3 Å². The highest BCUT2D eigenvalue weighted by Gasteiger charge is 2.39. The van der Waals surface area contributed by atoms with Gasteiger partial charge in [-0.1, -0.05) is 6.07 Å². The van der Waals surface area contributed by atoms with Gasteiger partial charge < -0.3 is 4.90 Å². The Hall–Kier alpha value is -1.44. The number of likely N-dealkylation sites (tertiary alicyclic amines) is 2. The monoisotopic (exact) mass is 374 g/mol. The van der Waals surface area contributed by atoms with E-state index in [1.807, 2.05) is 40.2 Å². The number of hydrogen-bond acceptors (Lipinski definition) is 6. The highest BCUT2D eigenvalue weighted by Crippen LogP contribution is 2.29. The van der Waals surface area contributed by atoms with Gasteiger partial charge in [0.05, 0.1) is 5.69 Å². The fraction of sp³-hybridized carbons (Fsp3) is 0.500. The van der Waals surface area contributed by atoms with E-state index in [1.165, 1.54) is 37.3 Å². The molecule has 0 radical (unpaired) electrons. The van der Waals surface area contributed by atoms with Crippen LogP contribution in [0.15, 0.2) is 29.8 Å². The van der Waals surface area contributed by atoms with Gasteiger partial charge in [-0.2, -0.15) is 11.8 Å². The number of thiazole rings is 1. The van der Waals surface area contributed by atoms with Gasteiger partial charge in [0.25, 0.3) is 5.91 Å². The van der Waals surface area contributed by atoms with Crippen molar-refractivity contribution < 1.29 is 4.79 Å². The summed E-state index contributed by atoms with van der Waals surface area (Å²) >= 11 is 3.37. The summed E-state index contributed by atoms with van der Waals surface area (Å²) in [5.41, 5.74) is 1.37. The number of thioether (sulfide) groups is 1. The summed E-state index contributed by atoms with van der Waals surface area (Å²) in [5, 5.41) is 3.17. The first-order chi connectivity index (χ1) is 12.3. The summed E-state index contributed by atoms with van der Waals surface area (Å²) in [7, 11) is 0. The minimum absolute atomic E-state index is 0.0548. The zero-order chi connectivity index (χ0) is 17.2. The molecule has 25 heavy (non-hydrogen) atoms. The molecule has 0 N–H and O–H groups in total. The molecule has 0 aliphatic carbocycles. The van der Waals surface area contributed by atoms with Crippen molar-refractivity contribution in [1.29, 1.82) is 0 Å². The smallest absolute Gasteiger partial charge is 0.273 e. The van der Waals surface area contributed by atoms with Crippen LogP contribution in [0.2, 0.25) is 0 Å². The third-order valence-corrected chi connectivity index (χ3v) is 6.98. The highest BCUT2D eigenvalue weighted by molar-refractivity contribution is 7.99. The number of carbonyl (C=O) groups excluding carboxylic acids is 1. The lowest BCUT2D eigenvalue weighted by molar-refractivity contribution is 0.0775. The maximum atomic E-state index is 12.9. The normalized spacial score (nSPS) is 24.1. The number of pyridine rings is 1. The van der Waals surface area contributed by atoms with Crippen LogP contribution < -0.4 is 0 Å². The van der Waals surface area contributed by atoms with E-state index in [-0.39, 0.29) is 5.91 Å². The van der Waals surface area contributed by atoms with Gasteiger partial charge >= 0.3 is 0 Å². The van der Waals surface area contributed by atoms with Crippen molar-refractivity contribution in [2.45, 2.75) is 24.1 Å². The Labute approximate surface area is 156 Å². The standard InChI is InChI=1S/C18H22N4OS2/c1-24-16-11-22(10-15(16)21-8-4-5-9-21)18(23)14-12-25-17(20-14)13-6-2-3-7-19-13/h2-3,6-7,12,15-16H,4-5,8-11H2,1H3/t15-,16+/m0/s1. The van der Waals surface area contributed by atoms with Crippen LogP contribution in [0.4, 0.5) is 0 Å². The van der Waals surface area contributed by atoms with Crippen molar-refractivity contribution in [2.75, 3.05) is 32.4 Å². The van der Waals surface area contributed by atoms with Crippen molar-refractivity contribution in [3.63, 3.8) is 0 Å².